The van der Waals surface area contributed by atoms with E-state index in [-0.39, 0.29) is 11.9 Å². The number of unbranched alkanes of at least 4 members (excludes halogenated alkanes) is 1. The van der Waals surface area contributed by atoms with Gasteiger partial charge in [0, 0.05) is 26.7 Å². The Morgan fingerprint density at radius 3 is 2.72 bits per heavy atom. The van der Waals surface area contributed by atoms with E-state index in [0.29, 0.717) is 0 Å². The number of nitrogens with one attached hydrogen (secondary N) is 1. The lowest BCUT2D eigenvalue weighted by atomic mass is 10.2. The normalized spacial score (nSPS) is 20.4. The van der Waals surface area contributed by atoms with E-state index in [0.717, 1.165) is 52.1 Å². The molecule has 1 saturated heterocycles. The molecule has 106 valence electrons. The Morgan fingerprint density at radius 1 is 1.28 bits per heavy atom. The number of hydrogen-bond acceptors (Lipinski definition) is 4. The molecule has 3 N–H and O–H groups in total. The molecule has 1 fully saturated rings. The molecule has 0 aliphatic carbocycles. The fourth-order valence-electron chi connectivity index (χ4n) is 2.46. The molecule has 5 nitrogen and oxygen atoms in total. The van der Waals surface area contributed by atoms with E-state index >= 15 is 0 Å². The fourth-order valence-corrected chi connectivity index (χ4v) is 2.46. The van der Waals surface area contributed by atoms with Crippen molar-refractivity contribution in [1.82, 2.24) is 15.1 Å². The Kier molecular flexibility index (Phi) is 7.23. The summed E-state index contributed by atoms with van der Waals surface area (Å²) in [6, 6.07) is -0.0148. The van der Waals surface area contributed by atoms with E-state index in [2.05, 4.69) is 15.1 Å². The molecule has 0 radical (unpaired) electrons. The molecular formula is C13H28N4O. The van der Waals surface area contributed by atoms with Crippen molar-refractivity contribution in [2.45, 2.75) is 32.2 Å². The van der Waals surface area contributed by atoms with Crippen LogP contribution in [0, 0.1) is 0 Å². The monoisotopic (exact) mass is 256 g/mol. The molecule has 0 aromatic heterocycles. The number of nitrogens with zero attached hydrogens (tertiary/aromatic N) is 2. The van der Waals surface area contributed by atoms with Crippen molar-refractivity contribution in [3.63, 3.8) is 0 Å². The third-order valence-electron chi connectivity index (χ3n) is 3.73. The van der Waals surface area contributed by atoms with Crippen molar-refractivity contribution in [2.75, 3.05) is 46.3 Å². The van der Waals surface area contributed by atoms with Crippen molar-refractivity contribution in [1.29, 1.82) is 0 Å². The van der Waals surface area contributed by atoms with Gasteiger partial charge >= 0.3 is 0 Å². The quantitative estimate of drug-likeness (QED) is 0.650. The minimum Gasteiger partial charge on any atom is -0.358 e. The third-order valence-corrected chi connectivity index (χ3v) is 3.73. The lowest BCUT2D eigenvalue weighted by Crippen LogP contribution is -2.45. The molecule has 18 heavy (non-hydrogen) atoms. The summed E-state index contributed by atoms with van der Waals surface area (Å²) in [6.45, 7) is 8.11. The number of carbonyl (C=O) groups excluding carboxylic acids is 1. The van der Waals surface area contributed by atoms with Crippen molar-refractivity contribution >= 4 is 5.91 Å². The highest BCUT2D eigenvalue weighted by Gasteiger charge is 2.22. The number of carbonyl (C=O) groups is 1. The molecule has 0 saturated carbocycles. The zero-order valence-electron chi connectivity index (χ0n) is 11.8. The lowest BCUT2D eigenvalue weighted by Gasteiger charge is -2.26. The molecule has 0 bridgehead atoms. The summed E-state index contributed by atoms with van der Waals surface area (Å²) in [5, 5.41) is 2.73. The van der Waals surface area contributed by atoms with Crippen molar-refractivity contribution < 1.29 is 4.79 Å². The van der Waals surface area contributed by atoms with Crippen molar-refractivity contribution in [3.8, 4) is 0 Å². The number of hydrogen-bond donors (Lipinski definition) is 2. The first kappa shape index (κ1) is 15.4. The Balaban J connectivity index is 2.34. The summed E-state index contributed by atoms with van der Waals surface area (Å²) in [5.74, 6) is 0.117. The minimum absolute atomic E-state index is 0.0148. The number of nitrogens with two attached hydrogens (primary N) is 1. The van der Waals surface area contributed by atoms with E-state index in [1.807, 2.05) is 6.92 Å². The van der Waals surface area contributed by atoms with Crippen LogP contribution in [-0.2, 0) is 4.79 Å². The van der Waals surface area contributed by atoms with Gasteiger partial charge in [0.15, 0.2) is 0 Å². The fraction of sp³-hybridized carbons (Fsp3) is 0.923. The van der Waals surface area contributed by atoms with E-state index < -0.39 is 0 Å². The predicted molar refractivity (Wildman–Crippen MR) is 74.4 cm³/mol. The molecule has 1 rings (SSSR count). The average Bonchev–Trinajstić information content (AvgIpc) is 2.63. The minimum atomic E-state index is -0.0148. The van der Waals surface area contributed by atoms with E-state index in [1.165, 1.54) is 6.42 Å². The Bertz CT molecular complexity index is 247. The highest BCUT2D eigenvalue weighted by molar-refractivity contribution is 5.80. The van der Waals surface area contributed by atoms with Crippen LogP contribution in [0.5, 0.6) is 0 Å². The summed E-state index contributed by atoms with van der Waals surface area (Å²) in [5.41, 5.74) is 5.51. The molecule has 5 heteroatoms. The molecule has 0 aromatic rings. The number of rotatable bonds is 6. The largest absolute Gasteiger partial charge is 0.358 e. The van der Waals surface area contributed by atoms with Crippen LogP contribution in [0.4, 0.5) is 0 Å². The van der Waals surface area contributed by atoms with Gasteiger partial charge < -0.3 is 16.0 Å². The van der Waals surface area contributed by atoms with Gasteiger partial charge in [-0.15, -0.1) is 0 Å². The van der Waals surface area contributed by atoms with Crippen LogP contribution in [0.1, 0.15) is 26.2 Å². The average molecular weight is 256 g/mol. The maximum atomic E-state index is 11.6. The van der Waals surface area contributed by atoms with Crippen LogP contribution in [0.25, 0.3) is 0 Å². The Hall–Kier alpha value is -0.650. The zero-order valence-corrected chi connectivity index (χ0v) is 11.8. The number of likely N-dealkylation sites (N-methyl/N-ethyl adjacent to an activating group) is 1. The molecule has 1 atom stereocenters. The smallest absolute Gasteiger partial charge is 0.236 e. The summed E-state index contributed by atoms with van der Waals surface area (Å²) >= 11 is 0. The summed E-state index contributed by atoms with van der Waals surface area (Å²) in [7, 11) is 1.70. The molecule has 1 heterocycles. The van der Waals surface area contributed by atoms with E-state index in [4.69, 9.17) is 5.73 Å². The van der Waals surface area contributed by atoms with Gasteiger partial charge in [-0.1, -0.05) is 0 Å². The lowest BCUT2D eigenvalue weighted by molar-refractivity contribution is -0.125. The Morgan fingerprint density at radius 2 is 2.06 bits per heavy atom. The van der Waals surface area contributed by atoms with Crippen LogP contribution in [0.3, 0.4) is 0 Å². The first-order chi connectivity index (χ1) is 8.69. The van der Waals surface area contributed by atoms with E-state index in [1.54, 1.807) is 7.05 Å². The first-order valence-corrected chi connectivity index (χ1v) is 7.07. The SMILES string of the molecule is CNC(=O)C(C)N1CCCN(CCCCN)CC1. The maximum absolute atomic E-state index is 11.6. The molecule has 1 aliphatic rings. The van der Waals surface area contributed by atoms with Gasteiger partial charge in [-0.2, -0.15) is 0 Å². The number of amides is 1. The summed E-state index contributed by atoms with van der Waals surface area (Å²) in [4.78, 5) is 16.4. The maximum Gasteiger partial charge on any atom is 0.236 e. The predicted octanol–water partition coefficient (Wildman–Crippen LogP) is -0.132. The van der Waals surface area contributed by atoms with Crippen molar-refractivity contribution in [2.24, 2.45) is 5.73 Å². The second kappa shape index (κ2) is 8.45. The van der Waals surface area contributed by atoms with E-state index in [9.17, 15) is 4.79 Å². The third kappa shape index (κ3) is 4.92. The topological polar surface area (TPSA) is 61.6 Å². The Labute approximate surface area is 111 Å². The molecular weight excluding hydrogens is 228 g/mol. The molecule has 1 amide bonds. The van der Waals surface area contributed by atoms with Gasteiger partial charge in [0.2, 0.25) is 5.91 Å². The van der Waals surface area contributed by atoms with Crippen LogP contribution in [0.2, 0.25) is 0 Å². The highest BCUT2D eigenvalue weighted by Crippen LogP contribution is 2.08. The van der Waals surface area contributed by atoms with Gasteiger partial charge in [0.05, 0.1) is 6.04 Å². The van der Waals surface area contributed by atoms with Crippen LogP contribution < -0.4 is 11.1 Å². The van der Waals surface area contributed by atoms with Crippen LogP contribution >= 0.6 is 0 Å². The van der Waals surface area contributed by atoms with Crippen molar-refractivity contribution in [3.05, 3.63) is 0 Å². The van der Waals surface area contributed by atoms with Gasteiger partial charge in [0.1, 0.15) is 0 Å². The van der Waals surface area contributed by atoms with Crippen LogP contribution in [0.15, 0.2) is 0 Å². The summed E-state index contributed by atoms with van der Waals surface area (Å²) < 4.78 is 0. The van der Waals surface area contributed by atoms with Gasteiger partial charge in [-0.05, 0) is 45.8 Å². The van der Waals surface area contributed by atoms with Gasteiger partial charge in [-0.3, -0.25) is 9.69 Å². The summed E-state index contributed by atoms with van der Waals surface area (Å²) in [6.07, 6.45) is 3.43. The highest BCUT2D eigenvalue weighted by atomic mass is 16.2. The molecule has 0 spiro atoms. The molecule has 0 aromatic carbocycles. The second-order valence-electron chi connectivity index (χ2n) is 5.02. The van der Waals surface area contributed by atoms with Gasteiger partial charge in [-0.25, -0.2) is 0 Å². The second-order valence-corrected chi connectivity index (χ2v) is 5.02. The van der Waals surface area contributed by atoms with Gasteiger partial charge in [0.25, 0.3) is 0 Å². The molecule has 1 aliphatic heterocycles. The van der Waals surface area contributed by atoms with Crippen LogP contribution in [-0.4, -0.2) is 68.1 Å². The first-order valence-electron chi connectivity index (χ1n) is 7.07. The molecule has 1 unspecified atom stereocenters. The standard InChI is InChI=1S/C13H28N4O/c1-12(13(18)15-2)17-9-5-8-16(10-11-17)7-4-3-6-14/h12H,3-11,14H2,1-2H3,(H,15,18). The zero-order chi connectivity index (χ0) is 13.4.